The first kappa shape index (κ1) is 57.0. The van der Waals surface area contributed by atoms with Crippen LogP contribution in [-0.4, -0.2) is 15.0 Å². The maximum atomic E-state index is 5.44. The molecule has 0 aliphatic heterocycles. The molecule has 0 spiro atoms. The van der Waals surface area contributed by atoms with Gasteiger partial charge in [0, 0.05) is 70.7 Å². The van der Waals surface area contributed by atoms with Crippen molar-refractivity contribution in [2.75, 3.05) is 10.6 Å². The third kappa shape index (κ3) is 14.6. The molecule has 10 aromatic rings. The number of nitrogens with zero attached hydrogens (tertiary/aromatic N) is 3. The monoisotopic (exact) mass is 1160 g/mol. The van der Waals surface area contributed by atoms with Gasteiger partial charge in [-0.3, -0.25) is 0 Å². The predicted molar refractivity (Wildman–Crippen MR) is 353 cm³/mol. The highest BCUT2D eigenvalue weighted by Gasteiger charge is 2.24. The first-order chi connectivity index (χ1) is 38.9. The van der Waals surface area contributed by atoms with Crippen LogP contribution in [0.2, 0.25) is 0 Å². The van der Waals surface area contributed by atoms with Crippen molar-refractivity contribution in [2.45, 2.75) is 163 Å². The van der Waals surface area contributed by atoms with Gasteiger partial charge in [0.2, 0.25) is 0 Å². The number of pyridine rings is 1. The second-order valence-electron chi connectivity index (χ2n) is 21.1. The second-order valence-corrected chi connectivity index (χ2v) is 27.6. The average Bonchev–Trinajstić information content (AvgIpc) is 4.46. The van der Waals surface area contributed by atoms with Crippen molar-refractivity contribution in [2.24, 2.45) is 0 Å². The molecule has 0 saturated heterocycles. The summed E-state index contributed by atoms with van der Waals surface area (Å²) in [5.41, 5.74) is 9.73. The second kappa shape index (κ2) is 28.4. The zero-order chi connectivity index (χ0) is 54.3. The van der Waals surface area contributed by atoms with Crippen molar-refractivity contribution in [3.63, 3.8) is 0 Å². The number of benzene rings is 2. The molecule has 8 aromatic heterocycles. The molecule has 0 saturated carbocycles. The van der Waals surface area contributed by atoms with E-state index in [-0.39, 0.29) is 0 Å². The summed E-state index contributed by atoms with van der Waals surface area (Å²) < 4.78 is 0. The lowest BCUT2D eigenvalue weighted by Gasteiger charge is -2.14. The summed E-state index contributed by atoms with van der Waals surface area (Å²) in [4.78, 5) is 32.5. The number of rotatable bonds is 30. The molecule has 11 heteroatoms. The summed E-state index contributed by atoms with van der Waals surface area (Å²) in [5.74, 6) is 1.42. The van der Waals surface area contributed by atoms with Gasteiger partial charge in [0.1, 0.15) is 11.0 Å². The number of hydrogen-bond donors (Lipinski definition) is 2. The van der Waals surface area contributed by atoms with Gasteiger partial charge in [0.15, 0.2) is 11.6 Å². The molecule has 2 aromatic carbocycles. The minimum atomic E-state index is 0.704. The maximum Gasteiger partial charge on any atom is 0.172 e. The fourth-order valence-corrected chi connectivity index (χ4v) is 17.7. The van der Waals surface area contributed by atoms with Gasteiger partial charge in [-0.25, -0.2) is 15.0 Å². The Labute approximate surface area is 494 Å². The Morgan fingerprint density at radius 3 is 1.34 bits per heavy atom. The van der Waals surface area contributed by atoms with Crippen LogP contribution in [0.3, 0.4) is 0 Å². The van der Waals surface area contributed by atoms with Crippen LogP contribution in [0.1, 0.15) is 158 Å². The van der Waals surface area contributed by atoms with Gasteiger partial charge >= 0.3 is 0 Å². The van der Waals surface area contributed by atoms with Crippen LogP contribution in [0.25, 0.3) is 70.5 Å². The molecule has 0 amide bonds. The van der Waals surface area contributed by atoms with Gasteiger partial charge < -0.3 is 10.6 Å². The fraction of sp³-hybridized carbons (Fsp3) is 0.368. The third-order valence-electron chi connectivity index (χ3n) is 14.7. The van der Waals surface area contributed by atoms with Crippen LogP contribution in [0, 0.1) is 6.92 Å². The molecular weight excluding hydrogens is 1080 g/mol. The Bertz CT molecular complexity index is 3500. The summed E-state index contributed by atoms with van der Waals surface area (Å²) in [6.07, 6.45) is 24.5. The van der Waals surface area contributed by atoms with Crippen molar-refractivity contribution in [1.29, 1.82) is 0 Å². The van der Waals surface area contributed by atoms with E-state index in [2.05, 4.69) is 148 Å². The average molecular weight is 1160 g/mol. The number of unbranched alkanes of at least 4 members (excludes halogenated alkanes) is 12. The zero-order valence-electron chi connectivity index (χ0n) is 47.0. The first-order valence-electron chi connectivity index (χ1n) is 29.4. The number of aromatic nitrogens is 3. The summed E-state index contributed by atoms with van der Waals surface area (Å²) in [7, 11) is 0. The molecule has 5 nitrogen and oxygen atoms in total. The van der Waals surface area contributed by atoms with Crippen molar-refractivity contribution < 1.29 is 0 Å². The van der Waals surface area contributed by atoms with E-state index in [4.69, 9.17) is 15.0 Å². The quantitative estimate of drug-likeness (QED) is 0.0439. The molecule has 8 heterocycles. The molecule has 2 N–H and O–H groups in total. The Hall–Kier alpha value is -5.27. The Morgan fingerprint density at radius 2 is 0.797 bits per heavy atom. The SMILES string of the molecule is CCCCCCc1ccc(-c2ccc(-c3ccc(-c4sc(-c5sc(-c6sc(-c7nc(Nc8ccccc8)c8nc(C)cc(Nc9ccccc9)c8n7)cc6CCCCCC)cc5CCCCCC)cc4CCCCCC)s3)s2)s1. The topological polar surface area (TPSA) is 62.7 Å². The molecule has 0 aliphatic rings. The standard InChI is InChI=1S/C68H77N5S6/c1-6-10-14-20-28-47-43-59(77-64(47)58-41-40-57(76-58)56-39-38-55(75-56)54-37-36-52(74-54)35-27-17-13-9-4)65-48(29-21-15-11-7-2)44-60(78-65)66-49(30-22-16-12-8-3)45-61(79-66)67-72-62-53(70-50-31-23-18-24-32-50)42-46(5)69-63(62)68(73-67)71-51-33-25-19-26-34-51/h18-19,23-26,31-34,36-45H,6-17,20-22,27-30,35H2,1-5H3,(H,69,70)(H,71,72,73). The van der Waals surface area contributed by atoms with Gasteiger partial charge in [-0.1, -0.05) is 141 Å². The van der Waals surface area contributed by atoms with Crippen LogP contribution in [0.5, 0.6) is 0 Å². The number of fused-ring (bicyclic) bond motifs is 1. The largest absolute Gasteiger partial charge is 0.354 e. The van der Waals surface area contributed by atoms with Crippen LogP contribution in [-0.2, 0) is 25.7 Å². The Balaban J connectivity index is 1.03. The number of thiophene rings is 6. The smallest absolute Gasteiger partial charge is 0.172 e. The maximum absolute atomic E-state index is 5.44. The van der Waals surface area contributed by atoms with Gasteiger partial charge in [0.25, 0.3) is 0 Å². The van der Waals surface area contributed by atoms with Crippen LogP contribution >= 0.6 is 68.0 Å². The molecule has 0 fully saturated rings. The van der Waals surface area contributed by atoms with Crippen LogP contribution in [0.4, 0.5) is 22.9 Å². The number of para-hydroxylation sites is 2. The molecule has 10 rings (SSSR count). The summed E-state index contributed by atoms with van der Waals surface area (Å²) in [6, 6.07) is 44.6. The van der Waals surface area contributed by atoms with Crippen LogP contribution < -0.4 is 10.6 Å². The van der Waals surface area contributed by atoms with E-state index in [1.54, 1.807) is 0 Å². The number of nitrogens with one attached hydrogen (secondary N) is 2. The number of anilines is 4. The van der Waals surface area contributed by atoms with E-state index in [0.717, 1.165) is 64.3 Å². The van der Waals surface area contributed by atoms with E-state index in [0.29, 0.717) is 11.6 Å². The molecule has 0 atom stereocenters. The van der Waals surface area contributed by atoms with Gasteiger partial charge in [-0.2, -0.15) is 0 Å². The van der Waals surface area contributed by atoms with E-state index < -0.39 is 0 Å². The van der Waals surface area contributed by atoms with Crippen molar-refractivity contribution in [3.8, 4) is 59.5 Å². The van der Waals surface area contributed by atoms with Crippen molar-refractivity contribution in [3.05, 3.63) is 149 Å². The van der Waals surface area contributed by atoms with Crippen molar-refractivity contribution in [1.82, 2.24) is 15.0 Å². The van der Waals surface area contributed by atoms with Gasteiger partial charge in [0.05, 0.1) is 10.6 Å². The van der Waals surface area contributed by atoms with Crippen LogP contribution in [0.15, 0.2) is 121 Å². The Morgan fingerprint density at radius 1 is 0.354 bits per heavy atom. The number of hydrogen-bond acceptors (Lipinski definition) is 11. The van der Waals surface area contributed by atoms with E-state index in [1.165, 1.54) is 173 Å². The first-order valence-corrected chi connectivity index (χ1v) is 34.3. The lowest BCUT2D eigenvalue weighted by atomic mass is 10.0. The minimum Gasteiger partial charge on any atom is -0.354 e. The lowest BCUT2D eigenvalue weighted by Crippen LogP contribution is -2.03. The van der Waals surface area contributed by atoms with E-state index >= 15 is 0 Å². The lowest BCUT2D eigenvalue weighted by molar-refractivity contribution is 0.667. The summed E-state index contributed by atoms with van der Waals surface area (Å²) >= 11 is 11.9. The van der Waals surface area contributed by atoms with Gasteiger partial charge in [-0.15, -0.1) is 68.0 Å². The molecule has 0 radical (unpaired) electrons. The van der Waals surface area contributed by atoms with E-state index in [1.807, 2.05) is 87.1 Å². The normalized spacial score (nSPS) is 11.6. The number of aryl methyl sites for hydroxylation is 5. The molecule has 0 unspecified atom stereocenters. The zero-order valence-corrected chi connectivity index (χ0v) is 51.9. The summed E-state index contributed by atoms with van der Waals surface area (Å²) in [6.45, 7) is 11.3. The molecule has 0 aliphatic carbocycles. The minimum absolute atomic E-state index is 0.704. The highest BCUT2D eigenvalue weighted by Crippen LogP contribution is 2.51. The van der Waals surface area contributed by atoms with Crippen molar-refractivity contribution >= 4 is 102 Å². The molecule has 0 bridgehead atoms. The molecule has 410 valence electrons. The highest BCUT2D eigenvalue weighted by molar-refractivity contribution is 7.31. The van der Waals surface area contributed by atoms with E-state index in [9.17, 15) is 0 Å². The van der Waals surface area contributed by atoms with Gasteiger partial charge in [-0.05, 0) is 160 Å². The third-order valence-corrected chi connectivity index (χ3v) is 22.5. The molecule has 79 heavy (non-hydrogen) atoms. The Kier molecular flexibility index (Phi) is 20.5. The molecular formula is C68H77N5S6. The highest BCUT2D eigenvalue weighted by atomic mass is 32.1. The fourth-order valence-electron chi connectivity index (χ4n) is 10.5. The predicted octanol–water partition coefficient (Wildman–Crippen LogP) is 23.7. The summed E-state index contributed by atoms with van der Waals surface area (Å²) in [5, 5.41) is 7.36.